The standard InChI is InChI=1S/C19H21N3O5S3/c1-4-21-17-8-6-15(12-18(17)28-19(21)23)30(26,27)22-10-9-13-11-14(5-7-16(13)22)29(24,25)20(2)3/h5-8,11-12H,4,9-10H2,1-3H3. The first-order valence-corrected chi connectivity index (χ1v) is 13.0. The second kappa shape index (κ2) is 7.19. The third-order valence-corrected chi connectivity index (χ3v) is 9.79. The molecule has 0 radical (unpaired) electrons. The molecule has 0 aliphatic carbocycles. The third-order valence-electron chi connectivity index (χ3n) is 5.23. The molecule has 0 saturated carbocycles. The molecular formula is C19H21N3O5S3. The van der Waals surface area contributed by atoms with E-state index < -0.39 is 20.0 Å². The third kappa shape index (κ3) is 3.16. The Hall–Kier alpha value is -2.21. The highest BCUT2D eigenvalue weighted by molar-refractivity contribution is 7.93. The van der Waals surface area contributed by atoms with Crippen LogP contribution in [0.5, 0.6) is 0 Å². The molecule has 0 atom stereocenters. The summed E-state index contributed by atoms with van der Waals surface area (Å²) >= 11 is 1.02. The van der Waals surface area contributed by atoms with Gasteiger partial charge in [0.25, 0.3) is 10.0 Å². The minimum Gasteiger partial charge on any atom is -0.299 e. The largest absolute Gasteiger partial charge is 0.308 e. The van der Waals surface area contributed by atoms with Gasteiger partial charge >= 0.3 is 4.87 Å². The van der Waals surface area contributed by atoms with E-state index in [1.54, 1.807) is 16.7 Å². The highest BCUT2D eigenvalue weighted by atomic mass is 32.2. The van der Waals surface area contributed by atoms with E-state index in [4.69, 9.17) is 0 Å². The number of thiazole rings is 1. The first-order valence-electron chi connectivity index (χ1n) is 9.29. The van der Waals surface area contributed by atoms with Crippen molar-refractivity contribution in [3.8, 4) is 0 Å². The Morgan fingerprint density at radius 3 is 2.40 bits per heavy atom. The van der Waals surface area contributed by atoms with Crippen LogP contribution < -0.4 is 9.18 Å². The molecule has 0 amide bonds. The molecule has 4 rings (SSSR count). The van der Waals surface area contributed by atoms with E-state index >= 15 is 0 Å². The summed E-state index contributed by atoms with van der Waals surface area (Å²) in [6, 6.07) is 9.22. The number of sulfonamides is 2. The van der Waals surface area contributed by atoms with Gasteiger partial charge in [0, 0.05) is 27.2 Å². The average Bonchev–Trinajstić information content (AvgIpc) is 3.26. The van der Waals surface area contributed by atoms with Crippen LogP contribution in [0.4, 0.5) is 5.69 Å². The maximum atomic E-state index is 13.3. The Kier molecular flexibility index (Phi) is 5.04. The molecule has 1 aliphatic rings. The molecule has 11 heteroatoms. The van der Waals surface area contributed by atoms with Crippen molar-refractivity contribution in [1.29, 1.82) is 0 Å². The first kappa shape index (κ1) is 21.0. The quantitative estimate of drug-likeness (QED) is 0.572. The number of anilines is 1. The Morgan fingerprint density at radius 2 is 1.73 bits per heavy atom. The Balaban J connectivity index is 1.76. The molecule has 160 valence electrons. The van der Waals surface area contributed by atoms with Gasteiger partial charge in [0.1, 0.15) is 0 Å². The summed E-state index contributed by atoms with van der Waals surface area (Å²) in [5.74, 6) is 0. The second-order valence-corrected chi connectivity index (χ2v) is 12.2. The molecule has 3 aromatic rings. The molecule has 0 unspecified atom stereocenters. The first-order chi connectivity index (χ1) is 14.1. The smallest absolute Gasteiger partial charge is 0.299 e. The van der Waals surface area contributed by atoms with Crippen molar-refractivity contribution in [1.82, 2.24) is 8.87 Å². The van der Waals surface area contributed by atoms with Gasteiger partial charge in [-0.05, 0) is 55.3 Å². The lowest BCUT2D eigenvalue weighted by Crippen LogP contribution is -2.29. The zero-order valence-electron chi connectivity index (χ0n) is 16.7. The molecule has 0 saturated heterocycles. The summed E-state index contributed by atoms with van der Waals surface area (Å²) in [7, 11) is -4.54. The van der Waals surface area contributed by atoms with Gasteiger partial charge in [-0.1, -0.05) is 11.3 Å². The lowest BCUT2D eigenvalue weighted by atomic mass is 10.2. The summed E-state index contributed by atoms with van der Waals surface area (Å²) in [6.07, 6.45) is 0.424. The predicted molar refractivity (Wildman–Crippen MR) is 117 cm³/mol. The monoisotopic (exact) mass is 467 g/mol. The highest BCUT2D eigenvalue weighted by Crippen LogP contribution is 2.35. The van der Waals surface area contributed by atoms with E-state index in [0.29, 0.717) is 34.4 Å². The van der Waals surface area contributed by atoms with Crippen molar-refractivity contribution in [2.45, 2.75) is 29.7 Å². The average molecular weight is 468 g/mol. The maximum absolute atomic E-state index is 13.3. The Labute approximate surface area is 179 Å². The molecule has 1 aromatic heterocycles. The van der Waals surface area contributed by atoms with Crippen molar-refractivity contribution < 1.29 is 16.8 Å². The molecule has 0 spiro atoms. The van der Waals surface area contributed by atoms with Gasteiger partial charge < -0.3 is 0 Å². The molecular weight excluding hydrogens is 446 g/mol. The Bertz CT molecular complexity index is 1420. The molecule has 0 N–H and O–H groups in total. The molecule has 0 bridgehead atoms. The summed E-state index contributed by atoms with van der Waals surface area (Å²) in [5, 5.41) is 0. The molecule has 30 heavy (non-hydrogen) atoms. The van der Waals surface area contributed by atoms with Gasteiger partial charge in [-0.25, -0.2) is 21.1 Å². The minimum atomic E-state index is -3.85. The van der Waals surface area contributed by atoms with Gasteiger partial charge in [-0.3, -0.25) is 13.7 Å². The zero-order chi connectivity index (χ0) is 21.8. The van der Waals surface area contributed by atoms with Crippen molar-refractivity contribution in [2.75, 3.05) is 24.9 Å². The van der Waals surface area contributed by atoms with Gasteiger partial charge in [0.2, 0.25) is 10.0 Å². The van der Waals surface area contributed by atoms with Gasteiger partial charge in [-0.15, -0.1) is 0 Å². The minimum absolute atomic E-state index is 0.109. The lowest BCUT2D eigenvalue weighted by molar-refractivity contribution is 0.520. The van der Waals surface area contributed by atoms with Gasteiger partial charge in [0.15, 0.2) is 0 Å². The fourth-order valence-corrected chi connectivity index (χ4v) is 7.15. The summed E-state index contributed by atoms with van der Waals surface area (Å²) in [6.45, 7) is 2.61. The van der Waals surface area contributed by atoms with E-state index in [1.165, 1.54) is 42.7 Å². The topological polar surface area (TPSA) is 96.8 Å². The number of aryl methyl sites for hydroxylation is 1. The van der Waals surface area contributed by atoms with Crippen molar-refractivity contribution in [2.24, 2.45) is 0 Å². The van der Waals surface area contributed by atoms with Crippen LogP contribution in [0.2, 0.25) is 0 Å². The van der Waals surface area contributed by atoms with Crippen molar-refractivity contribution >= 4 is 47.3 Å². The number of rotatable bonds is 5. The van der Waals surface area contributed by atoms with E-state index in [-0.39, 0.29) is 21.2 Å². The highest BCUT2D eigenvalue weighted by Gasteiger charge is 2.32. The summed E-state index contributed by atoms with van der Waals surface area (Å²) in [5.41, 5.74) is 1.86. The number of aromatic nitrogens is 1. The van der Waals surface area contributed by atoms with Crippen LogP contribution in [0, 0.1) is 0 Å². The summed E-state index contributed by atoms with van der Waals surface area (Å²) < 4.78 is 56.0. The number of hydrogen-bond acceptors (Lipinski definition) is 6. The molecule has 2 aromatic carbocycles. The van der Waals surface area contributed by atoms with Crippen LogP contribution in [0.25, 0.3) is 10.2 Å². The van der Waals surface area contributed by atoms with Crippen LogP contribution in [-0.4, -0.2) is 46.3 Å². The molecule has 2 heterocycles. The second-order valence-electron chi connectivity index (χ2n) is 7.15. The number of fused-ring (bicyclic) bond motifs is 2. The SMILES string of the molecule is CCn1c(=O)sc2cc(S(=O)(=O)N3CCc4cc(S(=O)(=O)N(C)C)ccc43)ccc21. The van der Waals surface area contributed by atoms with Gasteiger partial charge in [-0.2, -0.15) is 0 Å². The van der Waals surface area contributed by atoms with Crippen LogP contribution in [0.15, 0.2) is 51.0 Å². The van der Waals surface area contributed by atoms with E-state index in [2.05, 4.69) is 0 Å². The van der Waals surface area contributed by atoms with Crippen LogP contribution in [0.1, 0.15) is 12.5 Å². The molecule has 0 fully saturated rings. The van der Waals surface area contributed by atoms with Crippen LogP contribution >= 0.6 is 11.3 Å². The van der Waals surface area contributed by atoms with E-state index in [9.17, 15) is 21.6 Å². The molecule has 8 nitrogen and oxygen atoms in total. The Morgan fingerprint density at radius 1 is 1.03 bits per heavy atom. The van der Waals surface area contributed by atoms with Crippen LogP contribution in [0.3, 0.4) is 0 Å². The van der Waals surface area contributed by atoms with Crippen molar-refractivity contribution in [3.63, 3.8) is 0 Å². The van der Waals surface area contributed by atoms with E-state index in [1.807, 2.05) is 6.92 Å². The lowest BCUT2D eigenvalue weighted by Gasteiger charge is -2.20. The maximum Gasteiger partial charge on any atom is 0.308 e. The van der Waals surface area contributed by atoms with Crippen LogP contribution in [-0.2, 0) is 33.0 Å². The van der Waals surface area contributed by atoms with Crippen molar-refractivity contribution in [3.05, 3.63) is 51.6 Å². The fraction of sp³-hybridized carbons (Fsp3) is 0.316. The van der Waals surface area contributed by atoms with E-state index in [0.717, 1.165) is 15.6 Å². The number of nitrogens with zero attached hydrogens (tertiary/aromatic N) is 3. The predicted octanol–water partition coefficient (Wildman–Crippen LogP) is 2.08. The zero-order valence-corrected chi connectivity index (χ0v) is 19.1. The number of hydrogen-bond donors (Lipinski definition) is 0. The molecule has 1 aliphatic heterocycles. The normalized spacial score (nSPS) is 14.6. The van der Waals surface area contributed by atoms with Gasteiger partial charge in [0.05, 0.1) is 25.7 Å². The fourth-order valence-electron chi connectivity index (χ4n) is 3.60. The number of benzene rings is 2. The summed E-state index contributed by atoms with van der Waals surface area (Å²) in [4.78, 5) is 12.2.